The molecule has 3 heterocycles. The summed E-state index contributed by atoms with van der Waals surface area (Å²) in [5.41, 5.74) is -0.235. The molecule has 1 aromatic carbocycles. The summed E-state index contributed by atoms with van der Waals surface area (Å²) in [7, 11) is 0. The van der Waals surface area contributed by atoms with Gasteiger partial charge >= 0.3 is 0 Å². The number of aromatic nitrogens is 2. The van der Waals surface area contributed by atoms with Crippen molar-refractivity contribution in [3.8, 4) is 0 Å². The molecule has 1 saturated heterocycles. The molecule has 174 valence electrons. The zero-order valence-corrected chi connectivity index (χ0v) is 20.4. The van der Waals surface area contributed by atoms with Crippen LogP contribution in [0.2, 0.25) is 0 Å². The van der Waals surface area contributed by atoms with Crippen LogP contribution >= 0.6 is 27.3 Å². The zero-order chi connectivity index (χ0) is 23.9. The third kappa shape index (κ3) is 4.56. The Bertz CT molecular complexity index is 1300. The Morgan fingerprint density at radius 1 is 1.30 bits per heavy atom. The molecule has 3 aromatic rings. The normalized spacial score (nSPS) is 16.3. The zero-order valence-electron chi connectivity index (χ0n) is 18.0. The van der Waals surface area contributed by atoms with E-state index in [1.54, 1.807) is 11.8 Å². The van der Waals surface area contributed by atoms with Crippen molar-refractivity contribution in [2.75, 3.05) is 11.9 Å². The quantitative estimate of drug-likeness (QED) is 0.531. The maximum absolute atomic E-state index is 14.1. The molecule has 0 radical (unpaired) electrons. The number of carbonyl (C=O) groups is 2. The molecule has 0 aliphatic carbocycles. The molecule has 2 aromatic heterocycles. The van der Waals surface area contributed by atoms with E-state index < -0.39 is 23.1 Å². The molecular weight excluding hydrogens is 518 g/mol. The first-order valence-electron chi connectivity index (χ1n) is 10.4. The van der Waals surface area contributed by atoms with Crippen molar-refractivity contribution in [1.82, 2.24) is 14.5 Å². The molecule has 0 saturated carbocycles. The second kappa shape index (κ2) is 9.30. The van der Waals surface area contributed by atoms with Crippen LogP contribution in [0.25, 0.3) is 10.2 Å². The van der Waals surface area contributed by atoms with E-state index in [-0.39, 0.29) is 38.9 Å². The summed E-state index contributed by atoms with van der Waals surface area (Å²) in [5, 5.41) is 2.66. The van der Waals surface area contributed by atoms with Crippen molar-refractivity contribution < 1.29 is 18.4 Å². The van der Waals surface area contributed by atoms with Gasteiger partial charge < -0.3 is 10.2 Å². The van der Waals surface area contributed by atoms with Crippen molar-refractivity contribution in [1.29, 1.82) is 0 Å². The second-order valence-corrected chi connectivity index (χ2v) is 9.90. The van der Waals surface area contributed by atoms with Crippen molar-refractivity contribution in [3.63, 3.8) is 0 Å². The summed E-state index contributed by atoms with van der Waals surface area (Å²) >= 11 is 4.03. The molecule has 1 unspecified atom stereocenters. The highest BCUT2D eigenvalue weighted by molar-refractivity contribution is 9.10. The molecule has 2 amide bonds. The van der Waals surface area contributed by atoms with Crippen LogP contribution in [0, 0.1) is 18.6 Å². The molecule has 33 heavy (non-hydrogen) atoms. The summed E-state index contributed by atoms with van der Waals surface area (Å²) in [4.78, 5) is 45.3. The van der Waals surface area contributed by atoms with Gasteiger partial charge in [0.25, 0.3) is 11.5 Å². The first kappa shape index (κ1) is 23.5. The first-order chi connectivity index (χ1) is 15.7. The summed E-state index contributed by atoms with van der Waals surface area (Å²) < 4.78 is 28.8. The van der Waals surface area contributed by atoms with Crippen LogP contribution in [0.15, 0.2) is 27.7 Å². The lowest BCUT2D eigenvalue weighted by Crippen LogP contribution is -2.44. The standard InChI is InChI=1S/C22H21BrF2N4O3S/c1-11-5-3-4-6-29(11)16(30)9-28-10-26-21-17(22(28)32)12(2)19(33-21)20(31)27-18-14(23)7-13(24)8-15(18)25/h7-8,10-11H,3-6,9H2,1-2H3,(H,27,31). The molecule has 1 atom stereocenters. The number of fused-ring (bicyclic) bond motifs is 1. The minimum atomic E-state index is -0.931. The number of benzene rings is 1. The van der Waals surface area contributed by atoms with Crippen LogP contribution in [0.1, 0.15) is 41.4 Å². The van der Waals surface area contributed by atoms with Crippen LogP contribution in [0.4, 0.5) is 14.5 Å². The second-order valence-electron chi connectivity index (χ2n) is 8.04. The van der Waals surface area contributed by atoms with Gasteiger partial charge in [-0.15, -0.1) is 11.3 Å². The lowest BCUT2D eigenvalue weighted by Gasteiger charge is -2.33. The third-order valence-corrected chi connectivity index (χ3v) is 7.62. The lowest BCUT2D eigenvalue weighted by atomic mass is 10.0. The van der Waals surface area contributed by atoms with Crippen molar-refractivity contribution in [2.24, 2.45) is 0 Å². The van der Waals surface area contributed by atoms with Crippen LogP contribution in [-0.2, 0) is 11.3 Å². The van der Waals surface area contributed by atoms with Gasteiger partial charge in [-0.25, -0.2) is 13.8 Å². The van der Waals surface area contributed by atoms with E-state index in [1.807, 2.05) is 6.92 Å². The van der Waals surface area contributed by atoms with Gasteiger partial charge in [0.15, 0.2) is 5.82 Å². The fourth-order valence-corrected chi connectivity index (χ4v) is 5.57. The Kier molecular flexibility index (Phi) is 6.62. The number of likely N-dealkylation sites (tertiary alicyclic amines) is 1. The monoisotopic (exact) mass is 538 g/mol. The molecule has 4 rings (SSSR count). The highest BCUT2D eigenvalue weighted by Gasteiger charge is 2.25. The Hall–Kier alpha value is -2.66. The van der Waals surface area contributed by atoms with E-state index in [4.69, 9.17) is 0 Å². The summed E-state index contributed by atoms with van der Waals surface area (Å²) in [5.74, 6) is -2.51. The lowest BCUT2D eigenvalue weighted by molar-refractivity contribution is -0.135. The number of carbonyl (C=O) groups excluding carboxylic acids is 2. The summed E-state index contributed by atoms with van der Waals surface area (Å²) in [6.45, 7) is 4.14. The number of nitrogens with one attached hydrogen (secondary N) is 1. The number of thiophene rings is 1. The van der Waals surface area contributed by atoms with E-state index in [1.165, 1.54) is 10.9 Å². The fourth-order valence-electron chi connectivity index (χ4n) is 4.03. The van der Waals surface area contributed by atoms with Gasteiger partial charge in [0.1, 0.15) is 17.2 Å². The topological polar surface area (TPSA) is 84.3 Å². The highest BCUT2D eigenvalue weighted by atomic mass is 79.9. The van der Waals surface area contributed by atoms with Crippen LogP contribution in [0.5, 0.6) is 0 Å². The average Bonchev–Trinajstić information content (AvgIpc) is 3.10. The number of nitrogens with zero attached hydrogens (tertiary/aromatic N) is 3. The maximum atomic E-state index is 14.1. The molecule has 7 nitrogen and oxygen atoms in total. The number of anilines is 1. The number of rotatable bonds is 4. The largest absolute Gasteiger partial charge is 0.338 e. The molecule has 1 aliphatic rings. The minimum absolute atomic E-state index is 0.0537. The van der Waals surface area contributed by atoms with Gasteiger partial charge in [0.2, 0.25) is 5.91 Å². The van der Waals surface area contributed by atoms with Gasteiger partial charge in [-0.3, -0.25) is 19.0 Å². The van der Waals surface area contributed by atoms with Gasteiger partial charge in [0.05, 0.1) is 22.3 Å². The van der Waals surface area contributed by atoms with E-state index in [0.29, 0.717) is 23.0 Å². The molecule has 0 spiro atoms. The smallest absolute Gasteiger partial charge is 0.266 e. The number of hydrogen-bond donors (Lipinski definition) is 1. The van der Waals surface area contributed by atoms with Gasteiger partial charge in [-0.2, -0.15) is 0 Å². The van der Waals surface area contributed by atoms with Gasteiger partial charge in [-0.05, 0) is 60.7 Å². The van der Waals surface area contributed by atoms with Gasteiger partial charge in [0, 0.05) is 23.1 Å². The number of amides is 2. The SMILES string of the molecule is Cc1c(C(=O)Nc2c(F)cc(F)cc2Br)sc2ncn(CC(=O)N3CCCCC3C)c(=O)c12. The Labute approximate surface area is 200 Å². The van der Waals surface area contributed by atoms with Crippen LogP contribution in [0.3, 0.4) is 0 Å². The van der Waals surface area contributed by atoms with Crippen LogP contribution in [-0.4, -0.2) is 38.9 Å². The Balaban J connectivity index is 1.63. The number of halogens is 3. The number of piperidine rings is 1. The molecule has 1 aliphatic heterocycles. The molecule has 0 bridgehead atoms. The predicted octanol–water partition coefficient (Wildman–Crippen LogP) is 4.46. The fraction of sp³-hybridized carbons (Fsp3) is 0.364. The summed E-state index contributed by atoms with van der Waals surface area (Å²) in [6, 6.07) is 1.83. The van der Waals surface area contributed by atoms with E-state index in [9.17, 15) is 23.2 Å². The maximum Gasteiger partial charge on any atom is 0.266 e. The van der Waals surface area contributed by atoms with Crippen molar-refractivity contribution in [2.45, 2.75) is 45.7 Å². The Morgan fingerprint density at radius 2 is 2.06 bits per heavy atom. The molecule has 1 N–H and O–H groups in total. The number of hydrogen-bond acceptors (Lipinski definition) is 5. The average molecular weight is 539 g/mol. The van der Waals surface area contributed by atoms with E-state index in [0.717, 1.165) is 36.7 Å². The first-order valence-corrected chi connectivity index (χ1v) is 12.0. The molecule has 1 fully saturated rings. The number of aryl methyl sites for hydroxylation is 1. The molecular formula is C22H21BrF2N4O3S. The molecule has 11 heteroatoms. The van der Waals surface area contributed by atoms with E-state index in [2.05, 4.69) is 26.2 Å². The van der Waals surface area contributed by atoms with Crippen LogP contribution < -0.4 is 10.9 Å². The minimum Gasteiger partial charge on any atom is -0.338 e. The highest BCUT2D eigenvalue weighted by Crippen LogP contribution is 2.31. The van der Waals surface area contributed by atoms with Crippen molar-refractivity contribution >= 4 is 55.0 Å². The summed E-state index contributed by atoms with van der Waals surface area (Å²) in [6.07, 6.45) is 4.26. The van der Waals surface area contributed by atoms with Crippen molar-refractivity contribution in [3.05, 3.63) is 55.4 Å². The Morgan fingerprint density at radius 3 is 2.76 bits per heavy atom. The van der Waals surface area contributed by atoms with E-state index >= 15 is 0 Å². The van der Waals surface area contributed by atoms with Gasteiger partial charge in [-0.1, -0.05) is 0 Å². The predicted molar refractivity (Wildman–Crippen MR) is 126 cm³/mol. The third-order valence-electron chi connectivity index (χ3n) is 5.80.